The van der Waals surface area contributed by atoms with Gasteiger partial charge >= 0.3 is 6.03 Å². The highest BCUT2D eigenvalue weighted by molar-refractivity contribution is 7.89. The highest BCUT2D eigenvalue weighted by Crippen LogP contribution is 2.30. The Balaban J connectivity index is 1.59. The van der Waals surface area contributed by atoms with Crippen LogP contribution >= 0.6 is 0 Å². The van der Waals surface area contributed by atoms with Crippen molar-refractivity contribution in [1.29, 1.82) is 0 Å². The predicted octanol–water partition coefficient (Wildman–Crippen LogP) is 3.61. The lowest BCUT2D eigenvalue weighted by Gasteiger charge is -2.33. The molecule has 1 aliphatic heterocycles. The van der Waals surface area contributed by atoms with Gasteiger partial charge in [0.1, 0.15) is 11.9 Å². The number of ether oxygens (including phenoxy) is 1. The topological polar surface area (TPSA) is 128 Å². The van der Waals surface area contributed by atoms with Crippen molar-refractivity contribution >= 4 is 27.6 Å². The number of carbonyl (C=O) groups is 2. The fourth-order valence-electron chi connectivity index (χ4n) is 5.45. The van der Waals surface area contributed by atoms with Gasteiger partial charge < -0.3 is 25.4 Å². The van der Waals surface area contributed by atoms with E-state index in [1.54, 1.807) is 60.4 Å². The molecule has 41 heavy (non-hydrogen) atoms. The van der Waals surface area contributed by atoms with Gasteiger partial charge in [-0.05, 0) is 50.1 Å². The Bertz CT molecular complexity index is 1300. The minimum atomic E-state index is -3.77. The largest absolute Gasteiger partial charge is 0.488 e. The number of benzene rings is 2. The smallest absolute Gasteiger partial charge is 0.319 e. The number of fused-ring (bicyclic) bond motifs is 1. The lowest BCUT2D eigenvalue weighted by Crippen LogP contribution is -2.48. The number of nitrogens with zero attached hydrogens (tertiary/aromatic N) is 2. The molecule has 2 aliphatic rings. The number of hydrogen-bond donors (Lipinski definition) is 3. The van der Waals surface area contributed by atoms with Crippen molar-refractivity contribution in [3.63, 3.8) is 0 Å². The maximum atomic E-state index is 13.5. The first kappa shape index (κ1) is 30.8. The summed E-state index contributed by atoms with van der Waals surface area (Å²) in [4.78, 5) is 27.9. The zero-order valence-corrected chi connectivity index (χ0v) is 24.9. The Morgan fingerprint density at radius 2 is 1.85 bits per heavy atom. The first-order valence-corrected chi connectivity index (χ1v) is 15.8. The zero-order valence-electron chi connectivity index (χ0n) is 24.1. The van der Waals surface area contributed by atoms with Crippen LogP contribution in [0.25, 0.3) is 0 Å². The molecule has 0 unspecified atom stereocenters. The van der Waals surface area contributed by atoms with Crippen molar-refractivity contribution in [2.45, 2.75) is 75.5 Å². The molecule has 2 aromatic carbocycles. The normalized spacial score (nSPS) is 21.2. The fourth-order valence-corrected chi connectivity index (χ4v) is 6.65. The molecular formula is C30H42N4O6S. The van der Waals surface area contributed by atoms with E-state index < -0.39 is 22.2 Å². The van der Waals surface area contributed by atoms with E-state index in [2.05, 4.69) is 10.6 Å². The van der Waals surface area contributed by atoms with Crippen LogP contribution in [0.2, 0.25) is 0 Å². The number of hydrogen-bond acceptors (Lipinski definition) is 6. The molecule has 1 fully saturated rings. The van der Waals surface area contributed by atoms with Gasteiger partial charge in [0.15, 0.2) is 0 Å². The van der Waals surface area contributed by atoms with E-state index in [1.165, 1.54) is 17.8 Å². The van der Waals surface area contributed by atoms with E-state index in [9.17, 15) is 23.1 Å². The van der Waals surface area contributed by atoms with Gasteiger partial charge in [-0.2, -0.15) is 4.31 Å². The number of sulfonamides is 1. The minimum Gasteiger partial charge on any atom is -0.488 e. The van der Waals surface area contributed by atoms with Gasteiger partial charge in [0, 0.05) is 36.8 Å². The quantitative estimate of drug-likeness (QED) is 0.434. The SMILES string of the molecule is C[C@H]1CN([C@@H](C)CO)C(=O)Cc2cc(NC(=O)NC3CCCCC3)ccc2O[C@H]1CN(C)S(=O)(=O)c1ccccc1. The Hall–Kier alpha value is -3.15. The summed E-state index contributed by atoms with van der Waals surface area (Å²) in [7, 11) is -2.25. The standard InChI is InChI=1S/C30H42N4O6S/c1-21-18-34(22(2)20-35)29(36)17-23-16-25(32-30(37)31-24-10-6-4-7-11-24)14-15-27(23)40-28(21)19-33(3)41(38,39)26-12-8-5-9-13-26/h5,8-9,12-16,21-22,24,28,35H,4,6-7,10-11,17-20H2,1-3H3,(H2,31,32,37)/t21-,22-,28-/m0/s1. The van der Waals surface area contributed by atoms with Gasteiger partial charge in [0.25, 0.3) is 0 Å². The molecule has 1 heterocycles. The molecule has 4 rings (SSSR count). The first-order valence-electron chi connectivity index (χ1n) is 14.4. The van der Waals surface area contributed by atoms with E-state index in [0.717, 1.165) is 25.7 Å². The molecule has 3 N–H and O–H groups in total. The molecule has 3 atom stereocenters. The number of rotatable bonds is 8. The number of amides is 3. The summed E-state index contributed by atoms with van der Waals surface area (Å²) in [5.74, 6) is 0.0156. The number of aliphatic hydroxyl groups excluding tert-OH is 1. The number of urea groups is 1. The van der Waals surface area contributed by atoms with Crippen molar-refractivity contribution in [1.82, 2.24) is 14.5 Å². The van der Waals surface area contributed by atoms with Crippen LogP contribution in [0.3, 0.4) is 0 Å². The number of nitrogens with one attached hydrogen (secondary N) is 2. The van der Waals surface area contributed by atoms with Crippen molar-refractivity contribution in [2.75, 3.05) is 32.1 Å². The van der Waals surface area contributed by atoms with Crippen LogP contribution in [0.1, 0.15) is 51.5 Å². The summed E-state index contributed by atoms with van der Waals surface area (Å²) in [6, 6.07) is 12.8. The van der Waals surface area contributed by atoms with Crippen molar-refractivity contribution in [3.8, 4) is 5.75 Å². The third-order valence-electron chi connectivity index (χ3n) is 8.00. The lowest BCUT2D eigenvalue weighted by atomic mass is 9.96. The molecule has 0 saturated heterocycles. The lowest BCUT2D eigenvalue weighted by molar-refractivity contribution is -0.134. The fraction of sp³-hybridized carbons (Fsp3) is 0.533. The summed E-state index contributed by atoms with van der Waals surface area (Å²) >= 11 is 0. The maximum Gasteiger partial charge on any atom is 0.319 e. The van der Waals surface area contributed by atoms with Gasteiger partial charge in [-0.15, -0.1) is 0 Å². The van der Waals surface area contributed by atoms with Gasteiger partial charge in [-0.25, -0.2) is 13.2 Å². The average Bonchev–Trinajstić information content (AvgIpc) is 3.01. The van der Waals surface area contributed by atoms with Crippen LogP contribution in [0.15, 0.2) is 53.4 Å². The van der Waals surface area contributed by atoms with Crippen LogP contribution in [0.5, 0.6) is 5.75 Å². The van der Waals surface area contributed by atoms with E-state index in [0.29, 0.717) is 17.0 Å². The molecular weight excluding hydrogens is 544 g/mol. The van der Waals surface area contributed by atoms with Crippen LogP contribution in [-0.4, -0.2) is 79.6 Å². The van der Waals surface area contributed by atoms with Gasteiger partial charge in [-0.3, -0.25) is 4.79 Å². The number of anilines is 1. The van der Waals surface area contributed by atoms with Gasteiger partial charge in [0.05, 0.1) is 30.5 Å². The summed E-state index contributed by atoms with van der Waals surface area (Å²) in [5, 5.41) is 15.8. The molecule has 10 nitrogen and oxygen atoms in total. The zero-order chi connectivity index (χ0) is 29.6. The Morgan fingerprint density at radius 1 is 1.15 bits per heavy atom. The molecule has 2 aromatic rings. The van der Waals surface area contributed by atoms with Gasteiger partial charge in [0.2, 0.25) is 15.9 Å². The molecule has 224 valence electrons. The van der Waals surface area contributed by atoms with Gasteiger partial charge in [-0.1, -0.05) is 44.4 Å². The number of likely N-dealkylation sites (N-methyl/N-ethyl adjacent to an activating group) is 1. The summed E-state index contributed by atoms with van der Waals surface area (Å²) in [6.07, 6.45) is 4.75. The second-order valence-corrected chi connectivity index (χ2v) is 13.3. The van der Waals surface area contributed by atoms with Crippen LogP contribution in [0.4, 0.5) is 10.5 Å². The molecule has 0 spiro atoms. The van der Waals surface area contributed by atoms with Crippen molar-refractivity contribution < 1.29 is 27.9 Å². The van der Waals surface area contributed by atoms with Crippen molar-refractivity contribution in [2.24, 2.45) is 5.92 Å². The third kappa shape index (κ3) is 7.78. The summed E-state index contributed by atoms with van der Waals surface area (Å²) < 4.78 is 34.3. The van der Waals surface area contributed by atoms with E-state index in [-0.39, 0.29) is 54.9 Å². The van der Waals surface area contributed by atoms with Crippen molar-refractivity contribution in [3.05, 3.63) is 54.1 Å². The first-order chi connectivity index (χ1) is 19.6. The number of carbonyl (C=O) groups excluding carboxylic acids is 2. The number of aliphatic hydroxyl groups is 1. The second kappa shape index (κ2) is 13.7. The highest BCUT2D eigenvalue weighted by atomic mass is 32.2. The molecule has 1 saturated carbocycles. The maximum absolute atomic E-state index is 13.5. The van der Waals surface area contributed by atoms with Crippen LogP contribution in [0, 0.1) is 5.92 Å². The molecule has 11 heteroatoms. The molecule has 3 amide bonds. The highest BCUT2D eigenvalue weighted by Gasteiger charge is 2.33. The minimum absolute atomic E-state index is 0.0109. The summed E-state index contributed by atoms with van der Waals surface area (Å²) in [5.41, 5.74) is 1.11. The third-order valence-corrected chi connectivity index (χ3v) is 9.84. The Kier molecular flexibility index (Phi) is 10.3. The monoisotopic (exact) mass is 586 g/mol. The molecule has 0 aromatic heterocycles. The average molecular weight is 587 g/mol. The van der Waals surface area contributed by atoms with Crippen LogP contribution < -0.4 is 15.4 Å². The van der Waals surface area contributed by atoms with E-state index >= 15 is 0 Å². The second-order valence-electron chi connectivity index (χ2n) is 11.2. The Morgan fingerprint density at radius 3 is 2.54 bits per heavy atom. The molecule has 1 aliphatic carbocycles. The van der Waals surface area contributed by atoms with E-state index in [1.807, 2.05) is 6.92 Å². The van der Waals surface area contributed by atoms with E-state index in [4.69, 9.17) is 4.74 Å². The predicted molar refractivity (Wildman–Crippen MR) is 157 cm³/mol. The summed E-state index contributed by atoms with van der Waals surface area (Å²) in [6.45, 7) is 3.82. The molecule has 0 bridgehead atoms. The van der Waals surface area contributed by atoms with Crippen LogP contribution in [-0.2, 0) is 21.2 Å². The Labute approximate surface area is 243 Å². The molecule has 0 radical (unpaired) electrons.